The van der Waals surface area contributed by atoms with Crippen molar-refractivity contribution < 1.29 is 4.79 Å². The first-order chi connectivity index (χ1) is 12.7. The van der Waals surface area contributed by atoms with Gasteiger partial charge in [-0.1, -0.05) is 91.0 Å². The van der Waals surface area contributed by atoms with Crippen LogP contribution in [0.15, 0.2) is 91.0 Å². The number of rotatable bonds is 8. The molecule has 132 valence electrons. The second-order valence-corrected chi connectivity index (χ2v) is 7.56. The van der Waals surface area contributed by atoms with Gasteiger partial charge >= 0.3 is 0 Å². The van der Waals surface area contributed by atoms with Crippen molar-refractivity contribution >= 4 is 17.7 Å². The van der Waals surface area contributed by atoms with Crippen LogP contribution in [0.1, 0.15) is 23.1 Å². The molecule has 0 saturated heterocycles. The number of hydrogen-bond donors (Lipinski definition) is 1. The number of carbonyl (C=O) groups is 1. The van der Waals surface area contributed by atoms with Crippen molar-refractivity contribution in [2.75, 3.05) is 0 Å². The van der Waals surface area contributed by atoms with Gasteiger partial charge in [-0.15, -0.1) is 12.6 Å². The van der Waals surface area contributed by atoms with Gasteiger partial charge < -0.3 is 0 Å². The molecule has 26 heavy (non-hydrogen) atoms. The Bertz CT molecular complexity index is 711. The quantitative estimate of drug-likeness (QED) is 0.521. The highest BCUT2D eigenvalue weighted by Crippen LogP contribution is 2.36. The lowest BCUT2D eigenvalue weighted by molar-refractivity contribution is -0.112. The third-order valence-electron chi connectivity index (χ3n) is 4.79. The molecule has 0 radical (unpaired) electrons. The molecule has 0 heterocycles. The molecule has 0 bridgehead atoms. The molecule has 0 aromatic heterocycles. The van der Waals surface area contributed by atoms with Gasteiger partial charge in [-0.05, 0) is 41.4 Å². The minimum Gasteiger partial charge on any atom is -0.287 e. The zero-order valence-electron chi connectivity index (χ0n) is 14.8. The van der Waals surface area contributed by atoms with Gasteiger partial charge in [-0.3, -0.25) is 4.79 Å². The van der Waals surface area contributed by atoms with Gasteiger partial charge in [-0.2, -0.15) is 0 Å². The summed E-state index contributed by atoms with van der Waals surface area (Å²) in [5.41, 5.74) is 3.58. The SMILES string of the molecule is O=C(S)CC(Cc1ccccc1)(Cc1ccccc1)Cc1ccccc1. The lowest BCUT2D eigenvalue weighted by Crippen LogP contribution is -2.31. The minimum atomic E-state index is -0.192. The summed E-state index contributed by atoms with van der Waals surface area (Å²) in [4.78, 5) is 12.1. The van der Waals surface area contributed by atoms with Gasteiger partial charge in [-0.25, -0.2) is 0 Å². The van der Waals surface area contributed by atoms with Crippen molar-refractivity contribution in [2.45, 2.75) is 25.7 Å². The molecule has 0 aliphatic rings. The normalized spacial score (nSPS) is 11.3. The Kier molecular flexibility index (Phi) is 6.30. The average Bonchev–Trinajstić information content (AvgIpc) is 2.63. The van der Waals surface area contributed by atoms with Crippen LogP contribution in [0.2, 0.25) is 0 Å². The predicted molar refractivity (Wildman–Crippen MR) is 111 cm³/mol. The van der Waals surface area contributed by atoms with Crippen LogP contribution in [-0.2, 0) is 24.1 Å². The fourth-order valence-electron chi connectivity index (χ4n) is 3.78. The van der Waals surface area contributed by atoms with Crippen molar-refractivity contribution in [2.24, 2.45) is 5.41 Å². The molecule has 0 amide bonds. The average molecular weight is 361 g/mol. The molecule has 0 fully saturated rings. The van der Waals surface area contributed by atoms with Crippen LogP contribution in [0, 0.1) is 5.41 Å². The maximum Gasteiger partial charge on any atom is 0.186 e. The van der Waals surface area contributed by atoms with E-state index < -0.39 is 0 Å². The van der Waals surface area contributed by atoms with Crippen LogP contribution in [0.3, 0.4) is 0 Å². The van der Waals surface area contributed by atoms with Gasteiger partial charge in [0.2, 0.25) is 0 Å². The van der Waals surface area contributed by atoms with Gasteiger partial charge in [0, 0.05) is 6.42 Å². The molecule has 3 aromatic carbocycles. The van der Waals surface area contributed by atoms with Crippen molar-refractivity contribution in [3.63, 3.8) is 0 Å². The fourth-order valence-corrected chi connectivity index (χ4v) is 4.12. The largest absolute Gasteiger partial charge is 0.287 e. The zero-order valence-corrected chi connectivity index (χ0v) is 15.7. The van der Waals surface area contributed by atoms with E-state index in [1.54, 1.807) is 0 Å². The van der Waals surface area contributed by atoms with E-state index in [9.17, 15) is 4.79 Å². The van der Waals surface area contributed by atoms with E-state index in [0.717, 1.165) is 19.3 Å². The van der Waals surface area contributed by atoms with Gasteiger partial charge in [0.25, 0.3) is 0 Å². The Morgan fingerprint density at radius 2 is 0.923 bits per heavy atom. The molecule has 3 aromatic rings. The first-order valence-electron chi connectivity index (χ1n) is 8.99. The van der Waals surface area contributed by atoms with Crippen molar-refractivity contribution in [3.8, 4) is 0 Å². The van der Waals surface area contributed by atoms with Crippen molar-refractivity contribution in [3.05, 3.63) is 108 Å². The van der Waals surface area contributed by atoms with E-state index in [0.29, 0.717) is 6.42 Å². The van der Waals surface area contributed by atoms with E-state index >= 15 is 0 Å². The summed E-state index contributed by atoms with van der Waals surface area (Å²) in [7, 11) is 0. The van der Waals surface area contributed by atoms with E-state index in [1.165, 1.54) is 16.7 Å². The number of benzene rings is 3. The van der Waals surface area contributed by atoms with E-state index in [1.807, 2.05) is 18.2 Å². The number of thiol groups is 1. The zero-order chi connectivity index (χ0) is 18.2. The Morgan fingerprint density at radius 3 is 1.19 bits per heavy atom. The molecule has 0 atom stereocenters. The van der Waals surface area contributed by atoms with E-state index in [2.05, 4.69) is 85.4 Å². The fraction of sp³-hybridized carbons (Fsp3) is 0.208. The van der Waals surface area contributed by atoms with Crippen LogP contribution in [0.5, 0.6) is 0 Å². The van der Waals surface area contributed by atoms with Crippen molar-refractivity contribution in [1.29, 1.82) is 0 Å². The van der Waals surface area contributed by atoms with Gasteiger partial charge in [0.1, 0.15) is 0 Å². The number of carbonyl (C=O) groups excluding carboxylic acids is 1. The highest BCUT2D eigenvalue weighted by molar-refractivity contribution is 7.96. The van der Waals surface area contributed by atoms with Crippen LogP contribution >= 0.6 is 12.6 Å². The molecular formula is C24H24OS. The lowest BCUT2D eigenvalue weighted by atomic mass is 9.70. The van der Waals surface area contributed by atoms with E-state index in [-0.39, 0.29) is 10.5 Å². The summed E-state index contributed by atoms with van der Waals surface area (Å²) < 4.78 is 0. The molecule has 3 rings (SSSR count). The smallest absolute Gasteiger partial charge is 0.186 e. The Morgan fingerprint density at radius 1 is 0.615 bits per heavy atom. The molecule has 0 aliphatic heterocycles. The van der Waals surface area contributed by atoms with Crippen LogP contribution in [0.25, 0.3) is 0 Å². The molecule has 1 nitrogen and oxygen atoms in total. The standard InChI is InChI=1S/C24H24OS/c25-23(26)19-24(16-20-10-4-1-5-11-20,17-21-12-6-2-7-13-21)18-22-14-8-3-9-15-22/h1-15H,16-19H2,(H,25,26). The highest BCUT2D eigenvalue weighted by atomic mass is 32.1. The highest BCUT2D eigenvalue weighted by Gasteiger charge is 2.33. The maximum atomic E-state index is 12.1. The van der Waals surface area contributed by atoms with Crippen LogP contribution in [0.4, 0.5) is 0 Å². The molecule has 0 spiro atoms. The summed E-state index contributed by atoms with van der Waals surface area (Å²) in [6.07, 6.45) is 3.01. The summed E-state index contributed by atoms with van der Waals surface area (Å²) in [6, 6.07) is 31.4. The Balaban J connectivity index is 1.98. The molecule has 0 saturated carbocycles. The van der Waals surface area contributed by atoms with E-state index in [4.69, 9.17) is 0 Å². The van der Waals surface area contributed by atoms with Crippen LogP contribution < -0.4 is 0 Å². The first kappa shape index (κ1) is 18.5. The third kappa shape index (κ3) is 5.34. The summed E-state index contributed by atoms with van der Waals surface area (Å²) in [6.45, 7) is 0. The molecule has 0 N–H and O–H groups in total. The van der Waals surface area contributed by atoms with Gasteiger partial charge in [0.05, 0.1) is 0 Å². The Labute approximate surface area is 161 Å². The molecule has 2 heteroatoms. The maximum absolute atomic E-state index is 12.1. The molecule has 0 aliphatic carbocycles. The van der Waals surface area contributed by atoms with Crippen LogP contribution in [-0.4, -0.2) is 5.12 Å². The topological polar surface area (TPSA) is 17.1 Å². The monoisotopic (exact) mass is 360 g/mol. The number of hydrogen-bond acceptors (Lipinski definition) is 1. The molecular weight excluding hydrogens is 336 g/mol. The summed E-state index contributed by atoms with van der Waals surface area (Å²) >= 11 is 4.15. The second kappa shape index (κ2) is 8.86. The third-order valence-corrected chi connectivity index (χ3v) is 4.95. The summed E-state index contributed by atoms with van der Waals surface area (Å²) in [5, 5.41) is -0.0483. The minimum absolute atomic E-state index is 0.0483. The molecule has 0 unspecified atom stereocenters. The second-order valence-electron chi connectivity index (χ2n) is 7.06. The van der Waals surface area contributed by atoms with Crippen molar-refractivity contribution in [1.82, 2.24) is 0 Å². The lowest BCUT2D eigenvalue weighted by Gasteiger charge is -2.34. The predicted octanol–water partition coefficient (Wildman–Crippen LogP) is 5.55. The van der Waals surface area contributed by atoms with Gasteiger partial charge in [0.15, 0.2) is 5.12 Å². The summed E-state index contributed by atoms with van der Waals surface area (Å²) in [5.74, 6) is 0. The first-order valence-corrected chi connectivity index (χ1v) is 9.44. The Hall–Kier alpha value is -2.32.